The number of nitrogens with zero attached hydrogens (tertiary/aromatic N) is 3. The number of imide groups is 1. The van der Waals surface area contributed by atoms with Crippen LogP contribution in [0.4, 0.5) is 10.1 Å². The number of benzene rings is 2. The minimum absolute atomic E-state index is 0.167. The normalized spacial score (nSPS) is 27.5. The van der Waals surface area contributed by atoms with Gasteiger partial charge in [-0.3, -0.25) is 9.59 Å². The van der Waals surface area contributed by atoms with E-state index in [0.29, 0.717) is 0 Å². The lowest BCUT2D eigenvalue weighted by Crippen LogP contribution is -2.40. The van der Waals surface area contributed by atoms with Crippen molar-refractivity contribution in [1.82, 2.24) is 4.90 Å². The molecule has 5 rings (SSSR count). The molecule has 0 saturated carbocycles. The second-order valence-electron chi connectivity index (χ2n) is 7.07. The summed E-state index contributed by atoms with van der Waals surface area (Å²) in [5.74, 6) is -2.95. The van der Waals surface area contributed by atoms with Crippen molar-refractivity contribution < 1.29 is 14.0 Å². The highest BCUT2D eigenvalue weighted by atomic mass is 35.5. The highest BCUT2D eigenvalue weighted by Crippen LogP contribution is 2.52. The van der Waals surface area contributed by atoms with Crippen molar-refractivity contribution in [3.05, 3.63) is 70.6 Å². The summed E-state index contributed by atoms with van der Waals surface area (Å²) in [6.07, 6.45) is 3.68. The number of hydrogen-bond acceptors (Lipinski definition) is 4. The third kappa shape index (κ3) is 2.11. The Hall–Kier alpha value is -3.17. The number of fused-ring (bicyclic) bond motifs is 5. The molecule has 0 aromatic heterocycles. The third-order valence-electron chi connectivity index (χ3n) is 5.76. The number of halogens is 2. The van der Waals surface area contributed by atoms with E-state index in [1.165, 1.54) is 12.1 Å². The minimum Gasteiger partial charge on any atom is -0.353 e. The maximum atomic E-state index is 13.5. The van der Waals surface area contributed by atoms with E-state index in [4.69, 9.17) is 11.6 Å². The molecule has 138 valence electrons. The van der Waals surface area contributed by atoms with Crippen molar-refractivity contribution in [3.63, 3.8) is 0 Å². The fraction of sp³-hybridized carbons (Fsp3) is 0.190. The molecule has 2 amide bonds. The lowest BCUT2D eigenvalue weighted by molar-refractivity contribution is -0.123. The number of carbonyl (C=O) groups excluding carboxylic acids is 2. The molecular weight excluding hydrogens is 381 g/mol. The van der Waals surface area contributed by atoms with Crippen LogP contribution in [-0.4, -0.2) is 22.8 Å². The molecule has 2 aromatic rings. The summed E-state index contributed by atoms with van der Waals surface area (Å²) in [5.41, 5.74) is 2.10. The Morgan fingerprint density at radius 3 is 2.57 bits per heavy atom. The molecule has 2 aromatic carbocycles. The Morgan fingerprint density at radius 1 is 1.07 bits per heavy atom. The summed E-state index contributed by atoms with van der Waals surface area (Å²) in [6, 6.07) is 12.4. The summed E-state index contributed by atoms with van der Waals surface area (Å²) >= 11 is 5.85. The smallest absolute Gasteiger partial charge is 0.240 e. The molecule has 0 N–H and O–H groups in total. The fourth-order valence-corrected chi connectivity index (χ4v) is 4.76. The average molecular weight is 394 g/mol. The maximum absolute atomic E-state index is 13.5. The first-order valence-electron chi connectivity index (χ1n) is 8.80. The van der Waals surface area contributed by atoms with Gasteiger partial charge in [0.25, 0.3) is 0 Å². The third-order valence-corrected chi connectivity index (χ3v) is 6.04. The lowest BCUT2D eigenvalue weighted by Gasteiger charge is -2.33. The first-order valence-corrected chi connectivity index (χ1v) is 9.18. The number of nitriles is 1. The van der Waals surface area contributed by atoms with Gasteiger partial charge in [-0.2, -0.15) is 5.26 Å². The molecule has 0 unspecified atom stereocenters. The van der Waals surface area contributed by atoms with Crippen molar-refractivity contribution in [3.8, 4) is 6.07 Å². The van der Waals surface area contributed by atoms with E-state index in [2.05, 4.69) is 6.07 Å². The Bertz CT molecular complexity index is 1110. The van der Waals surface area contributed by atoms with E-state index < -0.39 is 41.6 Å². The SMILES string of the molecule is N#C[C@H]1[C@H]2C(=O)N(c3ccc(F)c(Cl)c3)C(=O)[C@@H]2[C@@H]2c3ccccc3C=CN12. The van der Waals surface area contributed by atoms with E-state index in [-0.39, 0.29) is 10.7 Å². The van der Waals surface area contributed by atoms with Gasteiger partial charge in [0.15, 0.2) is 0 Å². The van der Waals surface area contributed by atoms with Crippen LogP contribution in [0.1, 0.15) is 17.2 Å². The van der Waals surface area contributed by atoms with Crippen LogP contribution >= 0.6 is 11.6 Å². The summed E-state index contributed by atoms with van der Waals surface area (Å²) in [7, 11) is 0. The Kier molecular flexibility index (Phi) is 3.58. The fourth-order valence-electron chi connectivity index (χ4n) is 4.58. The maximum Gasteiger partial charge on any atom is 0.240 e. The van der Waals surface area contributed by atoms with Gasteiger partial charge in [-0.15, -0.1) is 0 Å². The Balaban J connectivity index is 1.63. The molecule has 3 aliphatic rings. The molecule has 7 heteroatoms. The van der Waals surface area contributed by atoms with Gasteiger partial charge in [0, 0.05) is 6.20 Å². The summed E-state index contributed by atoms with van der Waals surface area (Å²) in [6.45, 7) is 0. The van der Waals surface area contributed by atoms with Crippen LogP contribution in [0.25, 0.3) is 6.08 Å². The molecule has 3 heterocycles. The Morgan fingerprint density at radius 2 is 1.82 bits per heavy atom. The number of anilines is 1. The number of amides is 2. The van der Waals surface area contributed by atoms with Crippen molar-refractivity contribution >= 4 is 35.2 Å². The van der Waals surface area contributed by atoms with Gasteiger partial charge in [-0.25, -0.2) is 9.29 Å². The number of hydrogen-bond donors (Lipinski definition) is 0. The molecule has 0 bridgehead atoms. The van der Waals surface area contributed by atoms with Gasteiger partial charge in [0.2, 0.25) is 11.8 Å². The van der Waals surface area contributed by atoms with Crippen LogP contribution in [0.15, 0.2) is 48.7 Å². The zero-order valence-corrected chi connectivity index (χ0v) is 15.2. The van der Waals surface area contributed by atoms with Crippen LogP contribution in [0.3, 0.4) is 0 Å². The predicted molar refractivity (Wildman–Crippen MR) is 100 cm³/mol. The van der Waals surface area contributed by atoms with Crippen molar-refractivity contribution in [2.45, 2.75) is 12.1 Å². The van der Waals surface area contributed by atoms with E-state index in [1.807, 2.05) is 35.2 Å². The van der Waals surface area contributed by atoms with Crippen LogP contribution in [0, 0.1) is 29.0 Å². The summed E-state index contributed by atoms with van der Waals surface area (Å²) in [5, 5.41) is 9.60. The quantitative estimate of drug-likeness (QED) is 0.695. The van der Waals surface area contributed by atoms with Crippen molar-refractivity contribution in [2.75, 3.05) is 4.90 Å². The topological polar surface area (TPSA) is 64.4 Å². The van der Waals surface area contributed by atoms with Gasteiger partial charge < -0.3 is 4.90 Å². The molecule has 0 radical (unpaired) electrons. The largest absolute Gasteiger partial charge is 0.353 e. The van der Waals surface area contributed by atoms with E-state index in [9.17, 15) is 19.2 Å². The molecule has 3 aliphatic heterocycles. The zero-order valence-electron chi connectivity index (χ0n) is 14.4. The van der Waals surface area contributed by atoms with E-state index in [0.717, 1.165) is 22.1 Å². The lowest BCUT2D eigenvalue weighted by atomic mass is 9.85. The Labute approximate surface area is 165 Å². The van der Waals surface area contributed by atoms with Crippen molar-refractivity contribution in [1.29, 1.82) is 5.26 Å². The van der Waals surface area contributed by atoms with Crippen LogP contribution in [0.5, 0.6) is 0 Å². The van der Waals surface area contributed by atoms with Gasteiger partial charge >= 0.3 is 0 Å². The summed E-state index contributed by atoms with van der Waals surface area (Å²) in [4.78, 5) is 29.4. The first kappa shape index (κ1) is 17.0. The number of rotatable bonds is 1. The second kappa shape index (κ2) is 5.91. The highest BCUT2D eigenvalue weighted by Gasteiger charge is 2.63. The van der Waals surface area contributed by atoms with Gasteiger partial charge in [-0.1, -0.05) is 35.9 Å². The molecular formula is C21H13ClFN3O2. The first-order chi connectivity index (χ1) is 13.5. The van der Waals surface area contributed by atoms with Gasteiger partial charge in [0.05, 0.1) is 34.7 Å². The van der Waals surface area contributed by atoms with Crippen molar-refractivity contribution in [2.24, 2.45) is 11.8 Å². The van der Waals surface area contributed by atoms with Gasteiger partial charge in [0.1, 0.15) is 11.9 Å². The minimum atomic E-state index is -0.790. The zero-order chi connectivity index (χ0) is 19.6. The number of carbonyl (C=O) groups is 2. The monoisotopic (exact) mass is 393 g/mol. The molecule has 5 nitrogen and oxygen atoms in total. The molecule has 2 fully saturated rings. The molecule has 4 atom stereocenters. The van der Waals surface area contributed by atoms with E-state index >= 15 is 0 Å². The van der Waals surface area contributed by atoms with Gasteiger partial charge in [-0.05, 0) is 35.4 Å². The van der Waals surface area contributed by atoms with Crippen LogP contribution in [0.2, 0.25) is 5.02 Å². The van der Waals surface area contributed by atoms with Crippen LogP contribution < -0.4 is 4.90 Å². The van der Waals surface area contributed by atoms with E-state index in [1.54, 1.807) is 6.20 Å². The average Bonchev–Trinajstić information content (AvgIpc) is 3.17. The second-order valence-corrected chi connectivity index (χ2v) is 7.48. The standard InChI is InChI=1S/C21H13ClFN3O2/c22-14-9-12(5-6-15(14)23)26-20(27)17-16(10-24)25-8-7-11-3-1-2-4-13(11)19(25)18(17)21(26)28/h1-9,16-19H/t16-,17+,18-,19-/m0/s1. The molecule has 28 heavy (non-hydrogen) atoms. The molecule has 0 spiro atoms. The predicted octanol–water partition coefficient (Wildman–Crippen LogP) is 3.52. The summed E-state index contributed by atoms with van der Waals surface area (Å²) < 4.78 is 13.5. The van der Waals surface area contributed by atoms with Crippen LogP contribution in [-0.2, 0) is 9.59 Å². The molecule has 2 saturated heterocycles. The molecule has 0 aliphatic carbocycles. The highest BCUT2D eigenvalue weighted by molar-refractivity contribution is 6.31.